The van der Waals surface area contributed by atoms with Gasteiger partial charge in [-0.05, 0) is 30.3 Å². The van der Waals surface area contributed by atoms with E-state index in [1.807, 2.05) is 0 Å². The molecule has 3 rings (SSSR count). The molecule has 0 aliphatic carbocycles. The van der Waals surface area contributed by atoms with Crippen LogP contribution in [-0.4, -0.2) is 49.9 Å². The maximum atomic E-state index is 13.4. The SMILES string of the molecule is O=C(Nc1ccc(F)c([N+](=O)[O-])c1)c1ccc(Cl)c(S(=O)(=O)N2CCOCC2)c1. The molecule has 0 radical (unpaired) electrons. The molecule has 1 aliphatic rings. The Labute approximate surface area is 170 Å². The number of nitro benzene ring substituents is 1. The summed E-state index contributed by atoms with van der Waals surface area (Å²) in [5.41, 5.74) is -0.849. The highest BCUT2D eigenvalue weighted by molar-refractivity contribution is 7.89. The minimum atomic E-state index is -3.94. The van der Waals surface area contributed by atoms with Crippen molar-refractivity contribution < 1.29 is 27.3 Å². The van der Waals surface area contributed by atoms with Crippen LogP contribution in [0.3, 0.4) is 0 Å². The lowest BCUT2D eigenvalue weighted by atomic mass is 10.2. The lowest BCUT2D eigenvalue weighted by Crippen LogP contribution is -2.40. The highest BCUT2D eigenvalue weighted by Gasteiger charge is 2.29. The third kappa shape index (κ3) is 4.53. The van der Waals surface area contributed by atoms with Crippen molar-refractivity contribution in [3.05, 3.63) is 62.9 Å². The van der Waals surface area contributed by atoms with Crippen LogP contribution in [0.4, 0.5) is 15.8 Å². The molecule has 9 nitrogen and oxygen atoms in total. The third-order valence-corrected chi connectivity index (χ3v) is 6.56. The average molecular weight is 444 g/mol. The lowest BCUT2D eigenvalue weighted by molar-refractivity contribution is -0.387. The minimum absolute atomic E-state index is 0.0179. The number of sulfonamides is 1. The number of hydrogen-bond donors (Lipinski definition) is 1. The monoisotopic (exact) mass is 443 g/mol. The van der Waals surface area contributed by atoms with Gasteiger partial charge in [-0.15, -0.1) is 0 Å². The van der Waals surface area contributed by atoms with E-state index in [-0.39, 0.29) is 47.5 Å². The van der Waals surface area contributed by atoms with Crippen molar-refractivity contribution in [2.24, 2.45) is 0 Å². The molecule has 0 unspecified atom stereocenters. The molecule has 1 amide bonds. The second-order valence-electron chi connectivity index (χ2n) is 6.04. The molecule has 0 bridgehead atoms. The molecule has 1 heterocycles. The van der Waals surface area contributed by atoms with Gasteiger partial charge < -0.3 is 10.1 Å². The van der Waals surface area contributed by atoms with E-state index < -0.39 is 32.4 Å². The molecule has 0 aromatic heterocycles. The van der Waals surface area contributed by atoms with Crippen LogP contribution < -0.4 is 5.32 Å². The molecule has 2 aromatic carbocycles. The summed E-state index contributed by atoms with van der Waals surface area (Å²) in [5.74, 6) is -1.78. The topological polar surface area (TPSA) is 119 Å². The Hall–Kier alpha value is -2.60. The van der Waals surface area contributed by atoms with Gasteiger partial charge in [-0.25, -0.2) is 8.42 Å². The molecule has 154 valence electrons. The van der Waals surface area contributed by atoms with Crippen LogP contribution >= 0.6 is 11.6 Å². The average Bonchev–Trinajstić information content (AvgIpc) is 2.70. The Kier molecular flexibility index (Phi) is 6.13. The molecule has 12 heteroatoms. The third-order valence-electron chi connectivity index (χ3n) is 4.18. The number of hydrogen-bond acceptors (Lipinski definition) is 6. The zero-order chi connectivity index (χ0) is 21.2. The number of rotatable bonds is 5. The van der Waals surface area contributed by atoms with Crippen molar-refractivity contribution in [2.75, 3.05) is 31.6 Å². The molecule has 1 saturated heterocycles. The predicted octanol–water partition coefficient (Wildman–Crippen LogP) is 2.66. The van der Waals surface area contributed by atoms with Crippen molar-refractivity contribution in [1.29, 1.82) is 0 Å². The van der Waals surface area contributed by atoms with Crippen molar-refractivity contribution in [1.82, 2.24) is 4.31 Å². The minimum Gasteiger partial charge on any atom is -0.379 e. The zero-order valence-electron chi connectivity index (χ0n) is 14.8. The fraction of sp³-hybridized carbons (Fsp3) is 0.235. The van der Waals surface area contributed by atoms with Gasteiger partial charge in [-0.3, -0.25) is 14.9 Å². The summed E-state index contributed by atoms with van der Waals surface area (Å²) in [7, 11) is -3.94. The van der Waals surface area contributed by atoms with E-state index in [1.165, 1.54) is 16.4 Å². The highest BCUT2D eigenvalue weighted by atomic mass is 35.5. The number of morpholine rings is 1. The fourth-order valence-electron chi connectivity index (χ4n) is 2.70. The van der Waals surface area contributed by atoms with Crippen LogP contribution in [0.5, 0.6) is 0 Å². The number of halogens is 2. The highest BCUT2D eigenvalue weighted by Crippen LogP contribution is 2.27. The quantitative estimate of drug-likeness (QED) is 0.560. The molecule has 0 atom stereocenters. The van der Waals surface area contributed by atoms with Gasteiger partial charge in [0.25, 0.3) is 5.91 Å². The Morgan fingerprint density at radius 3 is 2.55 bits per heavy atom. The first-order chi connectivity index (χ1) is 13.7. The van der Waals surface area contributed by atoms with Crippen LogP contribution in [0.2, 0.25) is 5.02 Å². The van der Waals surface area contributed by atoms with Crippen LogP contribution in [0.1, 0.15) is 10.4 Å². The number of anilines is 1. The van der Waals surface area contributed by atoms with Gasteiger partial charge in [0.05, 0.1) is 23.2 Å². The number of nitrogens with zero attached hydrogens (tertiary/aromatic N) is 2. The number of nitro groups is 1. The molecule has 0 saturated carbocycles. The van der Waals surface area contributed by atoms with Crippen molar-refractivity contribution >= 4 is 38.9 Å². The fourth-order valence-corrected chi connectivity index (χ4v) is 4.61. The van der Waals surface area contributed by atoms with Crippen LogP contribution in [0.15, 0.2) is 41.3 Å². The van der Waals surface area contributed by atoms with Gasteiger partial charge >= 0.3 is 5.69 Å². The summed E-state index contributed by atoms with van der Waals surface area (Å²) < 4.78 is 45.5. The van der Waals surface area contributed by atoms with Crippen LogP contribution in [0.25, 0.3) is 0 Å². The largest absolute Gasteiger partial charge is 0.379 e. The van der Waals surface area contributed by atoms with Crippen LogP contribution in [-0.2, 0) is 14.8 Å². The number of amides is 1. The van der Waals surface area contributed by atoms with Crippen LogP contribution in [0, 0.1) is 15.9 Å². The summed E-state index contributed by atoms with van der Waals surface area (Å²) in [5, 5.41) is 13.2. The summed E-state index contributed by atoms with van der Waals surface area (Å²) in [6.45, 7) is 0.823. The number of benzene rings is 2. The summed E-state index contributed by atoms with van der Waals surface area (Å²) in [4.78, 5) is 22.2. The molecule has 29 heavy (non-hydrogen) atoms. The number of carbonyl (C=O) groups excluding carboxylic acids is 1. The van der Waals surface area contributed by atoms with Gasteiger partial charge in [0.15, 0.2) is 0 Å². The summed E-state index contributed by atoms with van der Waals surface area (Å²) in [6, 6.07) is 6.59. The Morgan fingerprint density at radius 2 is 1.90 bits per heavy atom. The molecule has 2 aromatic rings. The number of ether oxygens (including phenoxy) is 1. The van der Waals surface area contributed by atoms with Gasteiger partial charge in [-0.1, -0.05) is 11.6 Å². The standard InChI is InChI=1S/C17H15ClFN3O6S/c18-13-3-1-11(9-16(13)29(26,27)21-5-7-28-8-6-21)17(23)20-12-2-4-14(19)15(10-12)22(24)25/h1-4,9-10H,5-8H2,(H,20,23). The molecule has 1 aliphatic heterocycles. The zero-order valence-corrected chi connectivity index (χ0v) is 16.4. The van der Waals surface area contributed by atoms with E-state index in [2.05, 4.69) is 5.32 Å². The molecular formula is C17H15ClFN3O6S. The van der Waals surface area contributed by atoms with Gasteiger partial charge in [0.2, 0.25) is 15.8 Å². The molecular weight excluding hydrogens is 429 g/mol. The van der Waals surface area contributed by atoms with E-state index in [4.69, 9.17) is 16.3 Å². The van der Waals surface area contributed by atoms with Crippen molar-refractivity contribution in [2.45, 2.75) is 4.90 Å². The normalized spacial score (nSPS) is 15.1. The number of nitrogens with one attached hydrogen (secondary N) is 1. The molecule has 0 spiro atoms. The summed E-state index contributed by atoms with van der Waals surface area (Å²) >= 11 is 6.05. The maximum Gasteiger partial charge on any atom is 0.306 e. The van der Waals surface area contributed by atoms with E-state index in [9.17, 15) is 27.7 Å². The van der Waals surface area contributed by atoms with E-state index in [0.29, 0.717) is 0 Å². The number of carbonyl (C=O) groups is 1. The summed E-state index contributed by atoms with van der Waals surface area (Å²) in [6.07, 6.45) is 0. The Bertz CT molecular complexity index is 1070. The second-order valence-corrected chi connectivity index (χ2v) is 8.35. The predicted molar refractivity (Wildman–Crippen MR) is 102 cm³/mol. The molecule has 1 fully saturated rings. The maximum absolute atomic E-state index is 13.4. The van der Waals surface area contributed by atoms with E-state index in [1.54, 1.807) is 0 Å². The first kappa shape index (κ1) is 21.1. The lowest BCUT2D eigenvalue weighted by Gasteiger charge is -2.26. The first-order valence-corrected chi connectivity index (χ1v) is 10.1. The van der Waals surface area contributed by atoms with Crippen molar-refractivity contribution in [3.63, 3.8) is 0 Å². The van der Waals surface area contributed by atoms with Gasteiger partial charge in [-0.2, -0.15) is 8.70 Å². The van der Waals surface area contributed by atoms with Crippen molar-refractivity contribution in [3.8, 4) is 0 Å². The Balaban J connectivity index is 1.88. The Morgan fingerprint density at radius 1 is 1.21 bits per heavy atom. The second kappa shape index (κ2) is 8.41. The molecule has 1 N–H and O–H groups in total. The smallest absolute Gasteiger partial charge is 0.306 e. The van der Waals surface area contributed by atoms with E-state index in [0.717, 1.165) is 24.3 Å². The van der Waals surface area contributed by atoms with E-state index >= 15 is 0 Å². The van der Waals surface area contributed by atoms with Gasteiger partial charge in [0, 0.05) is 30.4 Å². The first-order valence-electron chi connectivity index (χ1n) is 8.33. The van der Waals surface area contributed by atoms with Gasteiger partial charge in [0.1, 0.15) is 4.90 Å².